The van der Waals surface area contributed by atoms with Gasteiger partial charge >= 0.3 is 0 Å². The highest BCUT2D eigenvalue weighted by Crippen LogP contribution is 2.34. The van der Waals surface area contributed by atoms with Crippen LogP contribution < -0.4 is 0 Å². The molecule has 0 aliphatic rings. The quantitative estimate of drug-likeness (QED) is 0.453. The molecule has 126 valence electrons. The molecule has 1 heterocycles. The maximum Gasteiger partial charge on any atom is 0.160 e. The third-order valence-electron chi connectivity index (χ3n) is 4.29. The molecular weight excluding hydrogens is 316 g/mol. The molecule has 0 spiro atoms. The summed E-state index contributed by atoms with van der Waals surface area (Å²) in [5, 5.41) is 0. The van der Waals surface area contributed by atoms with E-state index in [4.69, 9.17) is 12.7 Å². The Balaban J connectivity index is 2.09. The van der Waals surface area contributed by atoms with Crippen LogP contribution in [0.1, 0.15) is 15.4 Å². The maximum absolute atomic E-state index is 8.46. The summed E-state index contributed by atoms with van der Waals surface area (Å²) in [5.41, 5.74) is 4.57. The molecule has 4 aromatic rings. The number of hydrogen-bond donors (Lipinski definition) is 0. The lowest BCUT2D eigenvalue weighted by Crippen LogP contribution is -2.02. The topological polar surface area (TPSA) is 25.8 Å². The number of aromatic nitrogens is 2. The Bertz CT molecular complexity index is 1070. The first-order chi connectivity index (χ1) is 13.5. The molecule has 0 unspecified atom stereocenters. The van der Waals surface area contributed by atoms with Crippen LogP contribution in [0.4, 0.5) is 0 Å². The van der Waals surface area contributed by atoms with Crippen LogP contribution in [0.15, 0.2) is 91.0 Å². The van der Waals surface area contributed by atoms with Crippen LogP contribution in [-0.2, 0) is 6.37 Å². The molecular formula is C24H20N2. The maximum atomic E-state index is 8.46. The lowest BCUT2D eigenvalue weighted by molar-refractivity contribution is 1.01. The molecule has 0 N–H and O–H groups in total. The van der Waals surface area contributed by atoms with Gasteiger partial charge in [0, 0.05) is 19.4 Å². The number of rotatable bonds is 4. The second-order valence-electron chi connectivity index (χ2n) is 5.97. The third kappa shape index (κ3) is 3.14. The van der Waals surface area contributed by atoms with Gasteiger partial charge in [-0.05, 0) is 11.9 Å². The molecule has 0 amide bonds. The summed E-state index contributed by atoms with van der Waals surface area (Å²) in [6.45, 7) is 1.55. The summed E-state index contributed by atoms with van der Waals surface area (Å²) in [4.78, 5) is 9.58. The molecule has 3 aromatic carbocycles. The first kappa shape index (κ1) is 14.0. The fourth-order valence-electron chi connectivity index (χ4n) is 3.04. The molecule has 0 bridgehead atoms. The van der Waals surface area contributed by atoms with Crippen molar-refractivity contribution in [1.82, 2.24) is 9.97 Å². The Morgan fingerprint density at radius 3 is 1.69 bits per heavy atom. The summed E-state index contributed by atoms with van der Waals surface area (Å²) >= 11 is 0. The van der Waals surface area contributed by atoms with Crippen molar-refractivity contribution in [2.24, 2.45) is 0 Å². The standard InChI is InChI=1S/C24H20N2/c1-2-21-22(18-12-6-3-7-13-18)23(19-14-8-4-9-15-19)26-24(25-21)20-16-10-5-11-17-20/h3-17H,2H2,1H3/i2D2. The van der Waals surface area contributed by atoms with Crippen molar-refractivity contribution in [2.45, 2.75) is 13.3 Å². The molecule has 0 saturated heterocycles. The highest BCUT2D eigenvalue weighted by Gasteiger charge is 2.17. The fraction of sp³-hybridized carbons (Fsp3) is 0.0833. The predicted octanol–water partition coefficient (Wildman–Crippen LogP) is 6.04. The minimum atomic E-state index is -1.62. The van der Waals surface area contributed by atoms with E-state index in [1.807, 2.05) is 91.0 Å². The van der Waals surface area contributed by atoms with E-state index < -0.39 is 6.37 Å². The van der Waals surface area contributed by atoms with Gasteiger partial charge in [-0.1, -0.05) is 97.9 Å². The van der Waals surface area contributed by atoms with Gasteiger partial charge in [0.05, 0.1) is 11.4 Å². The Labute approximate surface area is 157 Å². The van der Waals surface area contributed by atoms with Crippen LogP contribution in [0, 0.1) is 0 Å². The van der Waals surface area contributed by atoms with Gasteiger partial charge in [-0.15, -0.1) is 0 Å². The van der Waals surface area contributed by atoms with Gasteiger partial charge in [-0.2, -0.15) is 0 Å². The Kier molecular flexibility index (Phi) is 3.93. The largest absolute Gasteiger partial charge is 0.232 e. The summed E-state index contributed by atoms with van der Waals surface area (Å²) in [5.74, 6) is 0.528. The number of nitrogens with zero attached hydrogens (tertiary/aromatic N) is 2. The summed E-state index contributed by atoms with van der Waals surface area (Å²) in [6, 6.07) is 29.4. The van der Waals surface area contributed by atoms with Crippen molar-refractivity contribution in [3.63, 3.8) is 0 Å². The van der Waals surface area contributed by atoms with E-state index in [1.54, 1.807) is 6.92 Å². The van der Waals surface area contributed by atoms with Crippen LogP contribution >= 0.6 is 0 Å². The highest BCUT2D eigenvalue weighted by atomic mass is 14.9. The normalized spacial score (nSPS) is 12.3. The summed E-state index contributed by atoms with van der Waals surface area (Å²) < 4.78 is 16.9. The van der Waals surface area contributed by atoms with E-state index in [0.29, 0.717) is 11.5 Å². The van der Waals surface area contributed by atoms with Gasteiger partial charge in [0.25, 0.3) is 0 Å². The van der Waals surface area contributed by atoms with Crippen molar-refractivity contribution in [3.8, 4) is 33.8 Å². The van der Waals surface area contributed by atoms with Crippen molar-refractivity contribution in [3.05, 3.63) is 96.7 Å². The molecule has 0 atom stereocenters. The van der Waals surface area contributed by atoms with E-state index >= 15 is 0 Å². The summed E-state index contributed by atoms with van der Waals surface area (Å²) in [7, 11) is 0. The van der Waals surface area contributed by atoms with Gasteiger partial charge in [-0.3, -0.25) is 0 Å². The molecule has 4 rings (SSSR count). The summed E-state index contributed by atoms with van der Waals surface area (Å²) in [6.07, 6.45) is -1.62. The zero-order chi connectivity index (χ0) is 19.6. The third-order valence-corrected chi connectivity index (χ3v) is 4.29. The Hall–Kier alpha value is -3.26. The lowest BCUT2D eigenvalue weighted by Gasteiger charge is -2.15. The molecule has 26 heavy (non-hydrogen) atoms. The van der Waals surface area contributed by atoms with Crippen LogP contribution in [-0.4, -0.2) is 9.97 Å². The number of aryl methyl sites for hydroxylation is 1. The van der Waals surface area contributed by atoms with Crippen molar-refractivity contribution < 1.29 is 2.74 Å². The van der Waals surface area contributed by atoms with Crippen molar-refractivity contribution in [1.29, 1.82) is 0 Å². The Morgan fingerprint density at radius 2 is 1.15 bits per heavy atom. The van der Waals surface area contributed by atoms with Crippen LogP contribution in [0.25, 0.3) is 33.8 Å². The zero-order valence-electron chi connectivity index (χ0n) is 16.6. The number of hydrogen-bond acceptors (Lipinski definition) is 2. The van der Waals surface area contributed by atoms with Crippen molar-refractivity contribution >= 4 is 0 Å². The van der Waals surface area contributed by atoms with Crippen molar-refractivity contribution in [2.75, 3.05) is 0 Å². The van der Waals surface area contributed by atoms with E-state index in [2.05, 4.69) is 0 Å². The first-order valence-electron chi connectivity index (χ1n) is 9.63. The molecule has 2 nitrogen and oxygen atoms in total. The smallest absolute Gasteiger partial charge is 0.160 e. The number of benzene rings is 3. The molecule has 0 fully saturated rings. The van der Waals surface area contributed by atoms with Gasteiger partial charge in [0.1, 0.15) is 0 Å². The molecule has 2 heteroatoms. The Morgan fingerprint density at radius 1 is 0.654 bits per heavy atom. The zero-order valence-corrected chi connectivity index (χ0v) is 14.6. The molecule has 0 aliphatic heterocycles. The van der Waals surface area contributed by atoms with Gasteiger partial charge < -0.3 is 0 Å². The molecule has 1 aromatic heterocycles. The van der Waals surface area contributed by atoms with E-state index in [-0.39, 0.29) is 0 Å². The van der Waals surface area contributed by atoms with Crippen LogP contribution in [0.2, 0.25) is 0 Å². The minimum absolute atomic E-state index is 0.395. The van der Waals surface area contributed by atoms with Gasteiger partial charge in [0.2, 0.25) is 0 Å². The average molecular weight is 338 g/mol. The molecule has 0 aliphatic carbocycles. The van der Waals surface area contributed by atoms with E-state index in [1.165, 1.54) is 0 Å². The highest BCUT2D eigenvalue weighted by molar-refractivity contribution is 5.83. The lowest BCUT2D eigenvalue weighted by atomic mass is 9.96. The van der Waals surface area contributed by atoms with Crippen LogP contribution in [0.3, 0.4) is 0 Å². The second-order valence-corrected chi connectivity index (χ2v) is 5.97. The van der Waals surface area contributed by atoms with Gasteiger partial charge in [0.15, 0.2) is 5.82 Å². The predicted molar refractivity (Wildman–Crippen MR) is 108 cm³/mol. The first-order valence-corrected chi connectivity index (χ1v) is 8.63. The second kappa shape index (κ2) is 7.32. The SMILES string of the molecule is [2H]C([2H])(C)c1nc(-c2ccccc2)nc(-c2ccccc2)c1-c1ccccc1. The monoisotopic (exact) mass is 338 g/mol. The fourth-order valence-corrected chi connectivity index (χ4v) is 3.04. The van der Waals surface area contributed by atoms with E-state index in [0.717, 1.165) is 27.9 Å². The average Bonchev–Trinajstić information content (AvgIpc) is 2.74. The van der Waals surface area contributed by atoms with Crippen LogP contribution in [0.5, 0.6) is 0 Å². The van der Waals surface area contributed by atoms with E-state index in [9.17, 15) is 0 Å². The van der Waals surface area contributed by atoms with Gasteiger partial charge in [-0.25, -0.2) is 9.97 Å². The molecule has 0 radical (unpaired) electrons. The molecule has 0 saturated carbocycles. The minimum Gasteiger partial charge on any atom is -0.232 e.